The molecule has 6 heteroatoms. The summed E-state index contributed by atoms with van der Waals surface area (Å²) in [5.74, 6) is 0.0771. The van der Waals surface area contributed by atoms with E-state index in [-0.39, 0.29) is 5.41 Å². The summed E-state index contributed by atoms with van der Waals surface area (Å²) in [6.07, 6.45) is 4.81. The van der Waals surface area contributed by atoms with Gasteiger partial charge in [0.1, 0.15) is 5.82 Å². The maximum Gasteiger partial charge on any atom is 0.184 e. The number of nitrogen functional groups attached to an aromatic ring is 1. The number of tetrazole rings is 1. The molecule has 0 aliphatic heterocycles. The first-order valence-corrected chi connectivity index (χ1v) is 6.89. The van der Waals surface area contributed by atoms with Crippen molar-refractivity contribution in [1.29, 1.82) is 0 Å². The average molecular weight is 275 g/mol. The fraction of sp³-hybridized carbons (Fsp3) is 0.500. The Morgan fingerprint density at radius 2 is 2.10 bits per heavy atom. The maximum absolute atomic E-state index is 14.0. The molecule has 1 aromatic heterocycles. The number of halogens is 1. The first-order chi connectivity index (χ1) is 9.57. The fourth-order valence-electron chi connectivity index (χ4n) is 2.96. The van der Waals surface area contributed by atoms with Crippen LogP contribution >= 0.6 is 0 Å². The van der Waals surface area contributed by atoms with Gasteiger partial charge in [-0.05, 0) is 46.9 Å². The standard InChI is InChI=1S/C14H18FN5/c1-14(6-2-3-7-14)9-20-13(17-18-19-20)11-5-4-10(16)8-12(11)15/h4-5,8H,2-3,6-7,9,16H2,1H3. The van der Waals surface area contributed by atoms with Gasteiger partial charge in [-0.15, -0.1) is 5.10 Å². The van der Waals surface area contributed by atoms with E-state index in [9.17, 15) is 4.39 Å². The summed E-state index contributed by atoms with van der Waals surface area (Å²) in [6, 6.07) is 4.59. The third-order valence-electron chi connectivity index (χ3n) is 4.11. The number of nitrogens with zero attached hydrogens (tertiary/aromatic N) is 4. The van der Waals surface area contributed by atoms with Gasteiger partial charge in [-0.2, -0.15) is 0 Å². The van der Waals surface area contributed by atoms with Crippen LogP contribution in [0.15, 0.2) is 18.2 Å². The number of anilines is 1. The van der Waals surface area contributed by atoms with E-state index >= 15 is 0 Å². The minimum Gasteiger partial charge on any atom is -0.399 e. The minimum atomic E-state index is -0.391. The highest BCUT2D eigenvalue weighted by atomic mass is 19.1. The smallest absolute Gasteiger partial charge is 0.184 e. The van der Waals surface area contributed by atoms with Gasteiger partial charge in [-0.3, -0.25) is 0 Å². The zero-order chi connectivity index (χ0) is 14.2. The summed E-state index contributed by atoms with van der Waals surface area (Å²) in [5.41, 5.74) is 6.57. The van der Waals surface area contributed by atoms with Crippen LogP contribution in [0.25, 0.3) is 11.4 Å². The van der Waals surface area contributed by atoms with Crippen LogP contribution in [0, 0.1) is 11.2 Å². The largest absolute Gasteiger partial charge is 0.399 e. The lowest BCUT2D eigenvalue weighted by Crippen LogP contribution is -2.21. The molecular formula is C14H18FN5. The van der Waals surface area contributed by atoms with Crippen molar-refractivity contribution in [3.63, 3.8) is 0 Å². The molecule has 3 rings (SSSR count). The maximum atomic E-state index is 14.0. The van der Waals surface area contributed by atoms with Gasteiger partial charge in [-0.25, -0.2) is 9.07 Å². The summed E-state index contributed by atoms with van der Waals surface area (Å²) in [5, 5.41) is 11.7. The van der Waals surface area contributed by atoms with Gasteiger partial charge in [0, 0.05) is 5.69 Å². The Morgan fingerprint density at radius 1 is 1.35 bits per heavy atom. The number of hydrogen-bond acceptors (Lipinski definition) is 4. The molecule has 1 saturated carbocycles. The van der Waals surface area contributed by atoms with Gasteiger partial charge < -0.3 is 5.73 Å². The molecule has 0 bridgehead atoms. The van der Waals surface area contributed by atoms with E-state index in [1.807, 2.05) is 0 Å². The monoisotopic (exact) mass is 275 g/mol. The van der Waals surface area contributed by atoms with Crippen LogP contribution in [0.4, 0.5) is 10.1 Å². The quantitative estimate of drug-likeness (QED) is 0.874. The summed E-state index contributed by atoms with van der Waals surface area (Å²) >= 11 is 0. The Bertz CT molecular complexity index is 616. The Morgan fingerprint density at radius 3 is 2.80 bits per heavy atom. The molecule has 0 unspecified atom stereocenters. The highest BCUT2D eigenvalue weighted by Gasteiger charge is 2.30. The molecule has 0 radical (unpaired) electrons. The highest BCUT2D eigenvalue weighted by molar-refractivity contribution is 5.59. The zero-order valence-corrected chi connectivity index (χ0v) is 11.5. The summed E-state index contributed by atoms with van der Waals surface area (Å²) in [4.78, 5) is 0. The van der Waals surface area contributed by atoms with Crippen molar-refractivity contribution in [3.8, 4) is 11.4 Å². The molecule has 2 N–H and O–H groups in total. The lowest BCUT2D eigenvalue weighted by Gasteiger charge is -2.23. The molecule has 0 amide bonds. The third kappa shape index (κ3) is 2.37. The number of benzene rings is 1. The third-order valence-corrected chi connectivity index (χ3v) is 4.11. The van der Waals surface area contributed by atoms with Crippen LogP contribution in [0.5, 0.6) is 0 Å². The predicted octanol–water partition coefficient (Wildman–Crippen LogP) is 2.64. The zero-order valence-electron chi connectivity index (χ0n) is 11.5. The molecule has 1 aliphatic rings. The van der Waals surface area contributed by atoms with Crippen LogP contribution in [0.3, 0.4) is 0 Å². The normalized spacial score (nSPS) is 17.5. The van der Waals surface area contributed by atoms with Gasteiger partial charge in [0.2, 0.25) is 0 Å². The lowest BCUT2D eigenvalue weighted by atomic mass is 9.89. The van der Waals surface area contributed by atoms with Gasteiger partial charge in [0.05, 0.1) is 12.1 Å². The average Bonchev–Trinajstić information content (AvgIpc) is 3.00. The second kappa shape index (κ2) is 4.85. The van der Waals surface area contributed by atoms with Crippen molar-refractivity contribution < 1.29 is 4.39 Å². The second-order valence-corrected chi connectivity index (χ2v) is 5.92. The van der Waals surface area contributed by atoms with Gasteiger partial charge in [0.25, 0.3) is 0 Å². The van der Waals surface area contributed by atoms with E-state index in [0.29, 0.717) is 17.1 Å². The molecule has 0 atom stereocenters. The fourth-order valence-corrected chi connectivity index (χ4v) is 2.96. The summed E-state index contributed by atoms with van der Waals surface area (Å²) in [7, 11) is 0. The second-order valence-electron chi connectivity index (χ2n) is 5.92. The highest BCUT2D eigenvalue weighted by Crippen LogP contribution is 2.39. The SMILES string of the molecule is CC1(Cn2nnnc2-c2ccc(N)cc2F)CCCC1. The van der Waals surface area contributed by atoms with Crippen LogP contribution in [-0.4, -0.2) is 20.2 Å². The van der Waals surface area contributed by atoms with Crippen molar-refractivity contribution in [3.05, 3.63) is 24.0 Å². The lowest BCUT2D eigenvalue weighted by molar-refractivity contribution is 0.267. The number of nitrogens with two attached hydrogens (primary N) is 1. The van der Waals surface area contributed by atoms with Gasteiger partial charge in [0.15, 0.2) is 5.82 Å². The molecule has 0 saturated heterocycles. The van der Waals surface area contributed by atoms with Crippen LogP contribution in [0.1, 0.15) is 32.6 Å². The number of rotatable bonds is 3. The Balaban J connectivity index is 1.93. The summed E-state index contributed by atoms with van der Waals surface area (Å²) in [6.45, 7) is 2.96. The Labute approximate surface area is 117 Å². The first-order valence-electron chi connectivity index (χ1n) is 6.89. The number of hydrogen-bond donors (Lipinski definition) is 1. The van der Waals surface area contributed by atoms with E-state index in [1.165, 1.54) is 18.9 Å². The van der Waals surface area contributed by atoms with E-state index in [2.05, 4.69) is 22.4 Å². The molecule has 1 heterocycles. The van der Waals surface area contributed by atoms with Crippen molar-refractivity contribution in [2.45, 2.75) is 39.2 Å². The van der Waals surface area contributed by atoms with E-state index in [4.69, 9.17) is 5.73 Å². The summed E-state index contributed by atoms with van der Waals surface area (Å²) < 4.78 is 15.7. The molecule has 2 aromatic rings. The molecule has 1 aromatic carbocycles. The van der Waals surface area contributed by atoms with E-state index in [0.717, 1.165) is 19.4 Å². The van der Waals surface area contributed by atoms with Crippen molar-refractivity contribution in [2.24, 2.45) is 5.41 Å². The molecule has 1 aliphatic carbocycles. The minimum absolute atomic E-state index is 0.203. The Kier molecular flexibility index (Phi) is 3.16. The first kappa shape index (κ1) is 13.0. The van der Waals surface area contributed by atoms with Crippen molar-refractivity contribution in [2.75, 3.05) is 5.73 Å². The van der Waals surface area contributed by atoms with Gasteiger partial charge >= 0.3 is 0 Å². The molecule has 20 heavy (non-hydrogen) atoms. The van der Waals surface area contributed by atoms with E-state index in [1.54, 1.807) is 16.8 Å². The molecular weight excluding hydrogens is 257 g/mol. The van der Waals surface area contributed by atoms with Crippen molar-refractivity contribution in [1.82, 2.24) is 20.2 Å². The van der Waals surface area contributed by atoms with Crippen LogP contribution in [-0.2, 0) is 6.54 Å². The molecule has 5 nitrogen and oxygen atoms in total. The topological polar surface area (TPSA) is 69.6 Å². The van der Waals surface area contributed by atoms with Gasteiger partial charge in [-0.1, -0.05) is 19.8 Å². The van der Waals surface area contributed by atoms with E-state index < -0.39 is 5.82 Å². The molecule has 1 fully saturated rings. The van der Waals surface area contributed by atoms with Crippen molar-refractivity contribution >= 4 is 5.69 Å². The predicted molar refractivity (Wildman–Crippen MR) is 74.2 cm³/mol. The Hall–Kier alpha value is -1.98. The molecule has 0 spiro atoms. The number of aromatic nitrogens is 4. The van der Waals surface area contributed by atoms with Crippen LogP contribution < -0.4 is 5.73 Å². The van der Waals surface area contributed by atoms with Crippen LogP contribution in [0.2, 0.25) is 0 Å². The molecule has 106 valence electrons.